The first-order chi connectivity index (χ1) is 10.1. The number of nitrogens with one attached hydrogen (secondary N) is 1. The molecular weight excluding hydrogens is 262 g/mol. The van der Waals surface area contributed by atoms with Crippen LogP contribution in [0.5, 0.6) is 0 Å². The number of fused-ring (bicyclic) bond motifs is 2. The fourth-order valence-corrected chi connectivity index (χ4v) is 3.93. The summed E-state index contributed by atoms with van der Waals surface area (Å²) < 4.78 is 0. The van der Waals surface area contributed by atoms with E-state index in [9.17, 15) is 9.59 Å². The Hall–Kier alpha value is -1.64. The van der Waals surface area contributed by atoms with E-state index in [0.29, 0.717) is 5.78 Å². The minimum Gasteiger partial charge on any atom is -0.325 e. The Balaban J connectivity index is 1.73. The fourth-order valence-electron chi connectivity index (χ4n) is 3.93. The zero-order valence-electron chi connectivity index (χ0n) is 12.8. The van der Waals surface area contributed by atoms with Gasteiger partial charge in [-0.1, -0.05) is 24.6 Å². The summed E-state index contributed by atoms with van der Waals surface area (Å²) >= 11 is 0. The molecule has 1 aromatic rings. The largest absolute Gasteiger partial charge is 0.325 e. The van der Waals surface area contributed by atoms with Crippen LogP contribution in [0, 0.1) is 31.6 Å². The minimum atomic E-state index is -0.00277. The zero-order chi connectivity index (χ0) is 15.0. The molecule has 0 heterocycles. The summed E-state index contributed by atoms with van der Waals surface area (Å²) in [7, 11) is 0. The highest BCUT2D eigenvalue weighted by atomic mass is 16.2. The summed E-state index contributed by atoms with van der Waals surface area (Å²) in [5.41, 5.74) is 3.12. The normalized spacial score (nSPS) is 28.3. The second-order valence-corrected chi connectivity index (χ2v) is 6.65. The van der Waals surface area contributed by atoms with Crippen LogP contribution >= 0.6 is 0 Å². The molecule has 0 radical (unpaired) electrons. The number of hydrogen-bond donors (Lipinski definition) is 1. The Kier molecular flexibility index (Phi) is 3.83. The van der Waals surface area contributed by atoms with Crippen molar-refractivity contribution in [3.05, 3.63) is 29.3 Å². The van der Waals surface area contributed by atoms with Gasteiger partial charge in [0.2, 0.25) is 5.91 Å². The third kappa shape index (κ3) is 2.74. The van der Waals surface area contributed by atoms with Gasteiger partial charge in [-0.3, -0.25) is 9.59 Å². The van der Waals surface area contributed by atoms with Gasteiger partial charge in [0, 0.05) is 23.4 Å². The predicted molar refractivity (Wildman–Crippen MR) is 83.1 cm³/mol. The van der Waals surface area contributed by atoms with Gasteiger partial charge in [0.1, 0.15) is 5.78 Å². The number of para-hydroxylation sites is 1. The molecule has 0 aromatic heterocycles. The summed E-state index contributed by atoms with van der Waals surface area (Å²) in [6, 6.07) is 6.04. The van der Waals surface area contributed by atoms with Crippen molar-refractivity contribution < 1.29 is 9.59 Å². The van der Waals surface area contributed by atoms with Crippen molar-refractivity contribution in [2.45, 2.75) is 46.0 Å². The molecular formula is C18H23NO2. The monoisotopic (exact) mass is 285 g/mol. The van der Waals surface area contributed by atoms with Gasteiger partial charge in [-0.25, -0.2) is 0 Å². The Bertz CT molecular complexity index is 542. The van der Waals surface area contributed by atoms with Crippen LogP contribution in [0.2, 0.25) is 0 Å². The van der Waals surface area contributed by atoms with E-state index in [1.54, 1.807) is 0 Å². The molecule has 2 bridgehead atoms. The third-order valence-electron chi connectivity index (χ3n) is 5.15. The van der Waals surface area contributed by atoms with E-state index >= 15 is 0 Å². The molecule has 2 aliphatic rings. The smallest absolute Gasteiger partial charge is 0.227 e. The van der Waals surface area contributed by atoms with Crippen LogP contribution in [0.4, 0.5) is 5.69 Å². The lowest BCUT2D eigenvalue weighted by Crippen LogP contribution is -2.40. The average Bonchev–Trinajstić information content (AvgIpc) is 2.42. The third-order valence-corrected chi connectivity index (χ3v) is 5.15. The molecule has 1 amide bonds. The number of carbonyl (C=O) groups is 2. The first kappa shape index (κ1) is 14.3. The van der Waals surface area contributed by atoms with Crippen LogP contribution < -0.4 is 5.32 Å². The van der Waals surface area contributed by atoms with E-state index in [4.69, 9.17) is 0 Å². The second kappa shape index (κ2) is 5.63. The molecule has 0 saturated heterocycles. The lowest BCUT2D eigenvalue weighted by Gasteiger charge is -2.37. The topological polar surface area (TPSA) is 46.2 Å². The molecule has 1 N–H and O–H groups in total. The summed E-state index contributed by atoms with van der Waals surface area (Å²) in [5, 5.41) is 3.10. The lowest BCUT2D eigenvalue weighted by atomic mass is 9.67. The van der Waals surface area contributed by atoms with E-state index in [2.05, 4.69) is 5.32 Å². The second-order valence-electron chi connectivity index (χ2n) is 6.65. The van der Waals surface area contributed by atoms with Gasteiger partial charge in [-0.05, 0) is 50.7 Å². The molecule has 21 heavy (non-hydrogen) atoms. The minimum absolute atomic E-state index is 0.00277. The molecule has 0 aliphatic heterocycles. The van der Waals surface area contributed by atoms with Crippen molar-refractivity contribution in [3.63, 3.8) is 0 Å². The molecule has 2 atom stereocenters. The molecule has 2 unspecified atom stereocenters. The van der Waals surface area contributed by atoms with Gasteiger partial charge in [0.15, 0.2) is 0 Å². The highest BCUT2D eigenvalue weighted by Crippen LogP contribution is 2.40. The van der Waals surface area contributed by atoms with Crippen LogP contribution in [-0.4, -0.2) is 11.7 Å². The maximum atomic E-state index is 12.6. The molecule has 112 valence electrons. The van der Waals surface area contributed by atoms with Gasteiger partial charge in [-0.15, -0.1) is 0 Å². The molecule has 0 spiro atoms. The number of Topliss-reactive ketones (excluding diaryl/α,β-unsaturated/α-hetero) is 1. The highest BCUT2D eigenvalue weighted by Gasteiger charge is 2.41. The van der Waals surface area contributed by atoms with Crippen molar-refractivity contribution >= 4 is 17.4 Å². The summed E-state index contributed by atoms with van der Waals surface area (Å²) in [5.74, 6) is 0.767. The van der Waals surface area contributed by atoms with Crippen LogP contribution in [0.25, 0.3) is 0 Å². The Labute approximate surface area is 126 Å². The molecule has 2 fully saturated rings. The molecule has 1 aromatic carbocycles. The van der Waals surface area contributed by atoms with E-state index < -0.39 is 0 Å². The van der Waals surface area contributed by atoms with Gasteiger partial charge >= 0.3 is 0 Å². The Morgan fingerprint density at radius 1 is 1.10 bits per heavy atom. The number of aryl methyl sites for hydroxylation is 2. The first-order valence-corrected chi connectivity index (χ1v) is 7.97. The fraction of sp³-hybridized carbons (Fsp3) is 0.556. The van der Waals surface area contributed by atoms with E-state index in [1.807, 2.05) is 32.0 Å². The van der Waals surface area contributed by atoms with Crippen LogP contribution in [0.1, 0.15) is 43.2 Å². The summed E-state index contributed by atoms with van der Waals surface area (Å²) in [4.78, 5) is 24.7. The van der Waals surface area contributed by atoms with Crippen LogP contribution in [-0.2, 0) is 9.59 Å². The Morgan fingerprint density at radius 2 is 1.67 bits per heavy atom. The van der Waals surface area contributed by atoms with E-state index in [0.717, 1.165) is 48.9 Å². The molecule has 3 nitrogen and oxygen atoms in total. The van der Waals surface area contributed by atoms with Gasteiger partial charge < -0.3 is 5.32 Å². The van der Waals surface area contributed by atoms with Gasteiger partial charge in [0.05, 0.1) is 0 Å². The molecule has 3 rings (SSSR count). The zero-order valence-corrected chi connectivity index (χ0v) is 12.8. The molecule has 2 saturated carbocycles. The molecule has 3 heteroatoms. The first-order valence-electron chi connectivity index (χ1n) is 7.97. The van der Waals surface area contributed by atoms with Crippen LogP contribution in [0.15, 0.2) is 18.2 Å². The van der Waals surface area contributed by atoms with Crippen molar-refractivity contribution in [2.75, 3.05) is 5.32 Å². The van der Waals surface area contributed by atoms with E-state index in [-0.39, 0.29) is 23.7 Å². The maximum Gasteiger partial charge on any atom is 0.227 e. The molecule has 2 aliphatic carbocycles. The van der Waals surface area contributed by atoms with Crippen molar-refractivity contribution in [2.24, 2.45) is 17.8 Å². The standard InChI is InChI=1S/C18H23NO2/c1-11-5-3-6-12(2)16(11)19-18(21)15-9-13-7-4-8-14(10-15)17(13)20/h3,5-6,13-15H,4,7-10H2,1-2H3,(H,19,21). The maximum absolute atomic E-state index is 12.6. The number of carbonyl (C=O) groups excluding carboxylic acids is 2. The number of rotatable bonds is 2. The number of amides is 1. The highest BCUT2D eigenvalue weighted by molar-refractivity contribution is 5.96. The van der Waals surface area contributed by atoms with E-state index in [1.165, 1.54) is 0 Å². The summed E-state index contributed by atoms with van der Waals surface area (Å²) in [6.07, 6.45) is 4.58. The predicted octanol–water partition coefficient (Wildman–Crippen LogP) is 3.64. The number of hydrogen-bond acceptors (Lipinski definition) is 2. The van der Waals surface area contributed by atoms with Crippen molar-refractivity contribution in [1.82, 2.24) is 0 Å². The van der Waals surface area contributed by atoms with Crippen LogP contribution in [0.3, 0.4) is 0 Å². The number of benzene rings is 1. The van der Waals surface area contributed by atoms with Crippen molar-refractivity contribution in [3.8, 4) is 0 Å². The lowest BCUT2D eigenvalue weighted by molar-refractivity contribution is -0.136. The SMILES string of the molecule is Cc1cccc(C)c1NC(=O)C1CC2CCCC(C1)C2=O. The average molecular weight is 285 g/mol. The summed E-state index contributed by atoms with van der Waals surface area (Å²) in [6.45, 7) is 4.03. The van der Waals surface area contributed by atoms with Gasteiger partial charge in [-0.2, -0.15) is 0 Å². The van der Waals surface area contributed by atoms with Gasteiger partial charge in [0.25, 0.3) is 0 Å². The Morgan fingerprint density at radius 3 is 2.24 bits per heavy atom. The number of anilines is 1. The number of ketones is 1. The quantitative estimate of drug-likeness (QED) is 0.901. The van der Waals surface area contributed by atoms with Crippen molar-refractivity contribution in [1.29, 1.82) is 0 Å².